The topological polar surface area (TPSA) is 57.0 Å². The van der Waals surface area contributed by atoms with Crippen LogP contribution in [0.2, 0.25) is 0 Å². The largest absolute Gasteiger partial charge is 0.463 e. The van der Waals surface area contributed by atoms with Gasteiger partial charge in [0.25, 0.3) is 0 Å². The molecule has 4 heteroatoms. The summed E-state index contributed by atoms with van der Waals surface area (Å²) in [5.74, 6) is 0.704. The van der Waals surface area contributed by atoms with Crippen molar-refractivity contribution < 1.29 is 4.42 Å². The number of nitrogens with two attached hydrogens (primary N) is 1. The predicted octanol–water partition coefficient (Wildman–Crippen LogP) is 2.48. The molecule has 0 spiro atoms. The molecule has 0 fully saturated rings. The first kappa shape index (κ1) is 9.83. The first-order valence-corrected chi connectivity index (χ1v) is 4.88. The van der Waals surface area contributed by atoms with Gasteiger partial charge in [-0.1, -0.05) is 0 Å². The quantitative estimate of drug-likeness (QED) is 0.778. The van der Waals surface area contributed by atoms with Crippen molar-refractivity contribution in [3.63, 3.8) is 0 Å². The van der Waals surface area contributed by atoms with E-state index in [0.29, 0.717) is 17.1 Å². The van der Waals surface area contributed by atoms with Crippen LogP contribution >= 0.6 is 0 Å². The van der Waals surface area contributed by atoms with Crippen LogP contribution in [0.3, 0.4) is 0 Å². The molecule has 0 radical (unpaired) electrons. The van der Waals surface area contributed by atoms with E-state index >= 15 is 0 Å². The van der Waals surface area contributed by atoms with E-state index in [1.807, 2.05) is 23.0 Å². The van der Waals surface area contributed by atoms with Gasteiger partial charge < -0.3 is 10.2 Å². The Bertz CT molecular complexity index is 449. The third-order valence-corrected chi connectivity index (χ3v) is 2.18. The summed E-state index contributed by atoms with van der Waals surface area (Å²) in [7, 11) is 0. The Balaban J connectivity index is 2.47. The zero-order valence-electron chi connectivity index (χ0n) is 9.19. The predicted molar refractivity (Wildman–Crippen MR) is 59.3 cm³/mol. The van der Waals surface area contributed by atoms with Crippen LogP contribution in [0.5, 0.6) is 0 Å². The minimum atomic E-state index is -0.0705. The molecule has 2 heterocycles. The molecule has 0 saturated carbocycles. The molecule has 0 bridgehead atoms. The number of hydrogen-bond donors (Lipinski definition) is 1. The molecule has 15 heavy (non-hydrogen) atoms. The van der Waals surface area contributed by atoms with Crippen LogP contribution in [0.4, 0.5) is 5.69 Å². The summed E-state index contributed by atoms with van der Waals surface area (Å²) in [6, 6.07) is 3.68. The molecule has 0 unspecified atom stereocenters. The van der Waals surface area contributed by atoms with Crippen LogP contribution in [0.25, 0.3) is 11.5 Å². The lowest BCUT2D eigenvalue weighted by molar-refractivity contribution is 0.356. The van der Waals surface area contributed by atoms with Gasteiger partial charge in [-0.3, -0.25) is 4.68 Å². The smallest absolute Gasteiger partial charge is 0.156 e. The van der Waals surface area contributed by atoms with Crippen LogP contribution < -0.4 is 5.73 Å². The number of nitrogens with zero attached hydrogens (tertiary/aromatic N) is 2. The molecule has 4 nitrogen and oxygen atoms in total. The molecule has 0 saturated heterocycles. The average Bonchev–Trinajstić information content (AvgIpc) is 2.69. The molecule has 0 amide bonds. The minimum Gasteiger partial charge on any atom is -0.463 e. The van der Waals surface area contributed by atoms with Crippen molar-refractivity contribution in [3.8, 4) is 11.5 Å². The van der Waals surface area contributed by atoms with Crippen molar-refractivity contribution in [1.82, 2.24) is 9.78 Å². The number of furan rings is 1. The van der Waals surface area contributed by atoms with Gasteiger partial charge in [-0.15, -0.1) is 0 Å². The lowest BCUT2D eigenvalue weighted by Crippen LogP contribution is -2.22. The third-order valence-electron chi connectivity index (χ3n) is 2.18. The second-order valence-corrected chi connectivity index (χ2v) is 4.53. The fourth-order valence-electron chi connectivity index (χ4n) is 1.34. The summed E-state index contributed by atoms with van der Waals surface area (Å²) in [5.41, 5.74) is 7.16. The maximum atomic E-state index is 5.89. The molecule has 0 aromatic carbocycles. The fraction of sp³-hybridized carbons (Fsp3) is 0.364. The van der Waals surface area contributed by atoms with Gasteiger partial charge in [0.05, 0.1) is 17.5 Å². The molecule has 2 aromatic rings. The van der Waals surface area contributed by atoms with E-state index < -0.39 is 0 Å². The van der Waals surface area contributed by atoms with E-state index in [9.17, 15) is 0 Å². The molecular weight excluding hydrogens is 190 g/mol. The molecule has 0 atom stereocenters. The third kappa shape index (κ3) is 1.75. The van der Waals surface area contributed by atoms with Gasteiger partial charge in [-0.05, 0) is 32.9 Å². The number of hydrogen-bond acceptors (Lipinski definition) is 3. The molecule has 0 aliphatic carbocycles. The van der Waals surface area contributed by atoms with Gasteiger partial charge in [0.1, 0.15) is 0 Å². The number of anilines is 1. The van der Waals surface area contributed by atoms with Crippen molar-refractivity contribution in [2.45, 2.75) is 26.3 Å². The normalized spacial score (nSPS) is 11.9. The zero-order chi connectivity index (χ0) is 11.1. The van der Waals surface area contributed by atoms with Gasteiger partial charge >= 0.3 is 0 Å². The Kier molecular flexibility index (Phi) is 2.07. The van der Waals surface area contributed by atoms with Gasteiger partial charge in [0.2, 0.25) is 0 Å². The van der Waals surface area contributed by atoms with E-state index in [0.717, 1.165) is 0 Å². The van der Waals surface area contributed by atoms with E-state index in [1.165, 1.54) is 0 Å². The van der Waals surface area contributed by atoms with E-state index in [1.54, 1.807) is 6.26 Å². The van der Waals surface area contributed by atoms with Crippen molar-refractivity contribution in [1.29, 1.82) is 0 Å². The molecule has 2 rings (SSSR count). The van der Waals surface area contributed by atoms with Gasteiger partial charge in [-0.2, -0.15) is 5.10 Å². The lowest BCUT2D eigenvalue weighted by Gasteiger charge is -2.18. The Morgan fingerprint density at radius 1 is 1.40 bits per heavy atom. The van der Waals surface area contributed by atoms with Crippen molar-refractivity contribution in [3.05, 3.63) is 24.6 Å². The van der Waals surface area contributed by atoms with Crippen LogP contribution in [0, 0.1) is 0 Å². The standard InChI is InChI=1S/C11H15N3O/c1-11(2,3)14-7-8(12)10(13-14)9-5-4-6-15-9/h4-7H,12H2,1-3H3. The SMILES string of the molecule is CC(C)(C)n1cc(N)c(-c2ccco2)n1. The fourth-order valence-corrected chi connectivity index (χ4v) is 1.34. The second kappa shape index (κ2) is 3.15. The highest BCUT2D eigenvalue weighted by Gasteiger charge is 2.18. The van der Waals surface area contributed by atoms with Crippen LogP contribution in [-0.4, -0.2) is 9.78 Å². The highest BCUT2D eigenvalue weighted by molar-refractivity contribution is 5.67. The van der Waals surface area contributed by atoms with Gasteiger partial charge in [-0.25, -0.2) is 0 Å². The highest BCUT2D eigenvalue weighted by Crippen LogP contribution is 2.26. The van der Waals surface area contributed by atoms with Crippen LogP contribution in [-0.2, 0) is 5.54 Å². The first-order valence-electron chi connectivity index (χ1n) is 4.88. The second-order valence-electron chi connectivity index (χ2n) is 4.53. The molecule has 2 aromatic heterocycles. The van der Waals surface area contributed by atoms with Crippen molar-refractivity contribution in [2.75, 3.05) is 5.73 Å². The Morgan fingerprint density at radius 3 is 2.60 bits per heavy atom. The Morgan fingerprint density at radius 2 is 2.13 bits per heavy atom. The molecular formula is C11H15N3O. The number of nitrogen functional groups attached to an aromatic ring is 1. The lowest BCUT2D eigenvalue weighted by atomic mass is 10.1. The molecule has 0 aliphatic heterocycles. The number of aromatic nitrogens is 2. The summed E-state index contributed by atoms with van der Waals surface area (Å²) in [6.07, 6.45) is 3.45. The monoisotopic (exact) mass is 205 g/mol. The maximum absolute atomic E-state index is 5.89. The van der Waals surface area contributed by atoms with Crippen LogP contribution in [0.1, 0.15) is 20.8 Å². The summed E-state index contributed by atoms with van der Waals surface area (Å²) in [6.45, 7) is 6.22. The zero-order valence-corrected chi connectivity index (χ0v) is 9.19. The molecule has 0 aliphatic rings. The van der Waals surface area contributed by atoms with Gasteiger partial charge in [0, 0.05) is 6.20 Å². The van der Waals surface area contributed by atoms with E-state index in [4.69, 9.17) is 10.2 Å². The summed E-state index contributed by atoms with van der Waals surface area (Å²) in [5, 5.41) is 4.42. The average molecular weight is 205 g/mol. The van der Waals surface area contributed by atoms with Crippen molar-refractivity contribution >= 4 is 5.69 Å². The van der Waals surface area contributed by atoms with Crippen molar-refractivity contribution in [2.24, 2.45) is 0 Å². The maximum Gasteiger partial charge on any atom is 0.156 e. The van der Waals surface area contributed by atoms with E-state index in [2.05, 4.69) is 25.9 Å². The minimum absolute atomic E-state index is 0.0705. The number of rotatable bonds is 1. The first-order chi connectivity index (χ1) is 6.98. The Hall–Kier alpha value is -1.71. The van der Waals surface area contributed by atoms with Crippen LogP contribution in [0.15, 0.2) is 29.0 Å². The summed E-state index contributed by atoms with van der Waals surface area (Å²) < 4.78 is 7.12. The summed E-state index contributed by atoms with van der Waals surface area (Å²) >= 11 is 0. The molecule has 80 valence electrons. The molecule has 2 N–H and O–H groups in total. The highest BCUT2D eigenvalue weighted by atomic mass is 16.3. The Labute approximate surface area is 88.7 Å². The van der Waals surface area contributed by atoms with Gasteiger partial charge in [0.15, 0.2) is 11.5 Å². The summed E-state index contributed by atoms with van der Waals surface area (Å²) in [4.78, 5) is 0. The van der Waals surface area contributed by atoms with E-state index in [-0.39, 0.29) is 5.54 Å².